The molecule has 1 fully saturated rings. The molecule has 0 radical (unpaired) electrons. The maximum Gasteiger partial charge on any atom is 0.416 e. The number of amidine groups is 1. The van der Waals surface area contributed by atoms with Gasteiger partial charge in [-0.1, -0.05) is 24.6 Å². The van der Waals surface area contributed by atoms with Crippen molar-refractivity contribution in [1.82, 2.24) is 0 Å². The number of ether oxygens (including phenoxy) is 1. The van der Waals surface area contributed by atoms with Gasteiger partial charge in [0, 0.05) is 5.69 Å². The molecule has 1 heterocycles. The predicted molar refractivity (Wildman–Crippen MR) is 99.7 cm³/mol. The third-order valence-corrected chi connectivity index (χ3v) is 4.25. The van der Waals surface area contributed by atoms with Gasteiger partial charge >= 0.3 is 6.18 Å². The summed E-state index contributed by atoms with van der Waals surface area (Å²) in [7, 11) is 0. The summed E-state index contributed by atoms with van der Waals surface area (Å²) in [5, 5.41) is -0.0949. The monoisotopic (exact) mass is 422 g/mol. The second kappa shape index (κ2) is 8.35. The Labute approximate surface area is 165 Å². The van der Waals surface area contributed by atoms with E-state index in [1.807, 2.05) is 6.92 Å². The summed E-state index contributed by atoms with van der Waals surface area (Å²) in [4.78, 5) is 5.87. The van der Waals surface area contributed by atoms with Gasteiger partial charge in [0.15, 0.2) is 0 Å². The number of halogens is 6. The Kier molecular flexibility index (Phi) is 6.59. The number of anilines is 1. The van der Waals surface area contributed by atoms with Crippen molar-refractivity contribution in [1.29, 1.82) is 0 Å². The Morgan fingerprint density at radius 1 is 1.22 bits per heavy atom. The van der Waals surface area contributed by atoms with Crippen LogP contribution in [0.3, 0.4) is 0 Å². The van der Waals surface area contributed by atoms with Crippen molar-refractivity contribution in [3.63, 3.8) is 0 Å². The van der Waals surface area contributed by atoms with Crippen molar-refractivity contribution in [2.75, 3.05) is 11.4 Å². The van der Waals surface area contributed by atoms with Crippen LogP contribution >= 0.6 is 24.0 Å². The molecule has 0 saturated carbocycles. The van der Waals surface area contributed by atoms with Crippen LogP contribution in [-0.2, 0) is 10.9 Å². The highest BCUT2D eigenvalue weighted by atomic mass is 35.5. The van der Waals surface area contributed by atoms with E-state index in [9.17, 15) is 17.6 Å². The third-order valence-electron chi connectivity index (χ3n) is 3.96. The normalized spacial score (nSPS) is 18.4. The highest BCUT2D eigenvalue weighted by Gasteiger charge is 2.34. The van der Waals surface area contributed by atoms with E-state index in [-0.39, 0.29) is 29.6 Å². The van der Waals surface area contributed by atoms with Crippen LogP contribution in [-0.4, -0.2) is 18.7 Å². The summed E-state index contributed by atoms with van der Waals surface area (Å²) in [5.41, 5.74) is -0.0815. The Hall–Kier alpha value is -1.99. The topological polar surface area (TPSA) is 24.8 Å². The molecule has 27 heavy (non-hydrogen) atoms. The average molecular weight is 423 g/mol. The van der Waals surface area contributed by atoms with E-state index in [1.165, 1.54) is 24.3 Å². The molecule has 0 aliphatic carbocycles. The summed E-state index contributed by atoms with van der Waals surface area (Å²) < 4.78 is 58.0. The largest absolute Gasteiger partial charge is 0.459 e. The van der Waals surface area contributed by atoms with E-state index in [0.29, 0.717) is 24.3 Å². The van der Waals surface area contributed by atoms with Gasteiger partial charge in [-0.25, -0.2) is 4.39 Å². The van der Waals surface area contributed by atoms with Gasteiger partial charge in [-0.2, -0.15) is 18.2 Å². The number of alkyl halides is 3. The van der Waals surface area contributed by atoms with Crippen LogP contribution in [0.5, 0.6) is 0 Å². The molecule has 0 spiro atoms. The Morgan fingerprint density at radius 2 is 1.96 bits per heavy atom. The molecule has 1 aliphatic heterocycles. The van der Waals surface area contributed by atoms with Gasteiger partial charge in [0.05, 0.1) is 22.8 Å². The van der Waals surface area contributed by atoms with Crippen LogP contribution in [0.15, 0.2) is 47.5 Å². The zero-order chi connectivity index (χ0) is 18.9. The molecule has 3 nitrogen and oxygen atoms in total. The zero-order valence-corrected chi connectivity index (χ0v) is 15.7. The summed E-state index contributed by atoms with van der Waals surface area (Å²) in [6.07, 6.45) is -3.99. The lowest BCUT2D eigenvalue weighted by Gasteiger charge is -2.17. The molecule has 1 saturated heterocycles. The van der Waals surface area contributed by atoms with Crippen molar-refractivity contribution in [2.45, 2.75) is 25.6 Å². The van der Waals surface area contributed by atoms with Gasteiger partial charge < -0.3 is 4.74 Å². The maximum atomic E-state index is 13.3. The molecule has 2 aromatic carbocycles. The van der Waals surface area contributed by atoms with Gasteiger partial charge in [-0.3, -0.25) is 4.90 Å². The lowest BCUT2D eigenvalue weighted by atomic mass is 10.1. The Bertz CT molecular complexity index is 842. The van der Waals surface area contributed by atoms with E-state index in [1.54, 1.807) is 11.0 Å². The second-order valence-corrected chi connectivity index (χ2v) is 6.21. The highest BCUT2D eigenvalue weighted by Crippen LogP contribution is 2.33. The molecule has 146 valence electrons. The van der Waals surface area contributed by atoms with Crippen molar-refractivity contribution < 1.29 is 22.3 Å². The molecule has 0 bridgehead atoms. The first-order valence-electron chi connectivity index (χ1n) is 7.93. The summed E-state index contributed by atoms with van der Waals surface area (Å²) in [6, 6.07) is 9.02. The molecular weight excluding hydrogens is 407 g/mol. The molecule has 1 atom stereocenters. The minimum atomic E-state index is -4.44. The Morgan fingerprint density at radius 3 is 2.59 bits per heavy atom. The van der Waals surface area contributed by atoms with Crippen molar-refractivity contribution >= 4 is 41.4 Å². The highest BCUT2D eigenvalue weighted by molar-refractivity contribution is 6.31. The minimum Gasteiger partial charge on any atom is -0.459 e. The van der Waals surface area contributed by atoms with E-state index in [2.05, 4.69) is 4.99 Å². The quantitative estimate of drug-likeness (QED) is 0.548. The number of hydrogen-bond donors (Lipinski definition) is 0. The fourth-order valence-corrected chi connectivity index (χ4v) is 2.74. The third kappa shape index (κ3) is 4.84. The molecule has 1 unspecified atom stereocenters. The predicted octanol–water partition coefficient (Wildman–Crippen LogP) is 6.22. The molecule has 1 aliphatic rings. The standard InChI is InChI=1S/C18H15ClF4N2O.ClH/c1-2-14-10-25(13-5-3-4-11(8-13)18(21,22)23)17(26-14)24-12-6-7-16(20)15(19)9-12;/h3-9,14H,2,10H2,1H3;1H. The molecular formula is C18H16Cl2F4N2O. The molecule has 0 amide bonds. The van der Waals surface area contributed by atoms with Gasteiger partial charge in [0.2, 0.25) is 0 Å². The van der Waals surface area contributed by atoms with Crippen LogP contribution in [0.4, 0.5) is 28.9 Å². The van der Waals surface area contributed by atoms with Crippen molar-refractivity contribution in [2.24, 2.45) is 4.99 Å². The fourth-order valence-electron chi connectivity index (χ4n) is 2.56. The van der Waals surface area contributed by atoms with Crippen LogP contribution in [0.25, 0.3) is 0 Å². The number of nitrogens with zero attached hydrogens (tertiary/aromatic N) is 2. The van der Waals surface area contributed by atoms with E-state index in [4.69, 9.17) is 16.3 Å². The number of rotatable bonds is 3. The van der Waals surface area contributed by atoms with Crippen molar-refractivity contribution in [3.8, 4) is 0 Å². The molecule has 0 N–H and O–H groups in total. The van der Waals surface area contributed by atoms with Crippen LogP contribution < -0.4 is 4.90 Å². The molecule has 0 aromatic heterocycles. The summed E-state index contributed by atoms with van der Waals surface area (Å²) >= 11 is 5.76. The smallest absolute Gasteiger partial charge is 0.416 e. The van der Waals surface area contributed by atoms with Gasteiger partial charge in [-0.15, -0.1) is 12.4 Å². The summed E-state index contributed by atoms with van der Waals surface area (Å²) in [5.74, 6) is -0.580. The first kappa shape index (κ1) is 21.3. The maximum absolute atomic E-state index is 13.3. The molecule has 2 aromatic rings. The Balaban J connectivity index is 0.00000261. The fraction of sp³-hybridized carbons (Fsp3) is 0.278. The minimum absolute atomic E-state index is 0. The van der Waals surface area contributed by atoms with Crippen LogP contribution in [0, 0.1) is 5.82 Å². The first-order chi connectivity index (χ1) is 12.3. The lowest BCUT2D eigenvalue weighted by Crippen LogP contribution is -2.26. The van der Waals surface area contributed by atoms with Crippen LogP contribution in [0.1, 0.15) is 18.9 Å². The van der Waals surface area contributed by atoms with Gasteiger partial charge in [0.1, 0.15) is 11.9 Å². The number of aliphatic imine (C=N–C) groups is 1. The molecule has 3 rings (SSSR count). The SMILES string of the molecule is CCC1CN(c2cccc(C(F)(F)F)c2)C(=Nc2ccc(F)c(Cl)c2)O1.Cl. The zero-order valence-electron chi connectivity index (χ0n) is 14.1. The van der Waals surface area contributed by atoms with Gasteiger partial charge in [-0.05, 0) is 42.8 Å². The van der Waals surface area contributed by atoms with E-state index in [0.717, 1.165) is 12.1 Å². The number of hydrogen-bond acceptors (Lipinski definition) is 2. The van der Waals surface area contributed by atoms with Crippen molar-refractivity contribution in [3.05, 3.63) is 58.9 Å². The summed E-state index contributed by atoms with van der Waals surface area (Å²) in [6.45, 7) is 2.28. The number of benzene rings is 2. The van der Waals surface area contributed by atoms with Crippen LogP contribution in [0.2, 0.25) is 5.02 Å². The first-order valence-corrected chi connectivity index (χ1v) is 8.31. The second-order valence-electron chi connectivity index (χ2n) is 5.80. The molecule has 9 heteroatoms. The van der Waals surface area contributed by atoms with E-state index >= 15 is 0 Å². The average Bonchev–Trinajstić information content (AvgIpc) is 3.00. The van der Waals surface area contributed by atoms with Gasteiger partial charge in [0.25, 0.3) is 6.02 Å². The lowest BCUT2D eigenvalue weighted by molar-refractivity contribution is -0.137. The van der Waals surface area contributed by atoms with E-state index < -0.39 is 17.6 Å².